The van der Waals surface area contributed by atoms with Gasteiger partial charge in [-0.15, -0.1) is 10.2 Å². The lowest BCUT2D eigenvalue weighted by atomic mass is 10.1. The Labute approximate surface area is 146 Å². The second-order valence-corrected chi connectivity index (χ2v) is 6.27. The largest absolute Gasteiger partial charge is 0.465 e. The van der Waals surface area contributed by atoms with E-state index >= 15 is 0 Å². The summed E-state index contributed by atoms with van der Waals surface area (Å²) in [4.78, 5) is 13.8. The molecule has 7 heteroatoms. The highest BCUT2D eigenvalue weighted by atomic mass is 35.5. The third kappa shape index (κ3) is 3.94. The number of fused-ring (bicyclic) bond motifs is 1. The van der Waals surface area contributed by atoms with Gasteiger partial charge in [0.1, 0.15) is 0 Å². The molecule has 24 heavy (non-hydrogen) atoms. The predicted molar refractivity (Wildman–Crippen MR) is 94.3 cm³/mol. The number of halogens is 1. The number of hydrogen-bond donors (Lipinski definition) is 1. The molecule has 3 rings (SSSR count). The van der Waals surface area contributed by atoms with Crippen LogP contribution in [0.2, 0.25) is 5.15 Å². The van der Waals surface area contributed by atoms with E-state index in [1.165, 1.54) is 0 Å². The van der Waals surface area contributed by atoms with Crippen LogP contribution in [0.1, 0.15) is 19.8 Å². The molecule has 0 radical (unpaired) electrons. The van der Waals surface area contributed by atoms with Crippen molar-refractivity contribution in [3.8, 4) is 0 Å². The molecule has 1 aromatic heterocycles. The SMILES string of the molecule is CCOC(=O)CN1CCC[C@@H](Nc2nnc(Cl)c3ccccc23)C1. The minimum Gasteiger partial charge on any atom is -0.465 e. The summed E-state index contributed by atoms with van der Waals surface area (Å²) in [5.74, 6) is 0.563. The van der Waals surface area contributed by atoms with Gasteiger partial charge in [0, 0.05) is 23.4 Å². The highest BCUT2D eigenvalue weighted by molar-refractivity contribution is 6.34. The highest BCUT2D eigenvalue weighted by Gasteiger charge is 2.23. The second kappa shape index (κ2) is 7.77. The first kappa shape index (κ1) is 16.9. The van der Waals surface area contributed by atoms with Crippen LogP contribution in [0.25, 0.3) is 10.8 Å². The van der Waals surface area contributed by atoms with Gasteiger partial charge in [0.15, 0.2) is 11.0 Å². The van der Waals surface area contributed by atoms with Gasteiger partial charge < -0.3 is 10.1 Å². The van der Waals surface area contributed by atoms with Gasteiger partial charge in [0.25, 0.3) is 0 Å². The van der Waals surface area contributed by atoms with Gasteiger partial charge in [-0.3, -0.25) is 9.69 Å². The number of nitrogens with one attached hydrogen (secondary N) is 1. The van der Waals surface area contributed by atoms with Crippen LogP contribution in [0.15, 0.2) is 24.3 Å². The van der Waals surface area contributed by atoms with Crippen LogP contribution in [0.3, 0.4) is 0 Å². The zero-order chi connectivity index (χ0) is 16.9. The average molecular weight is 349 g/mol. The summed E-state index contributed by atoms with van der Waals surface area (Å²) >= 11 is 6.12. The van der Waals surface area contributed by atoms with E-state index in [0.29, 0.717) is 18.3 Å². The lowest BCUT2D eigenvalue weighted by molar-refractivity contribution is -0.144. The van der Waals surface area contributed by atoms with E-state index in [1.54, 1.807) is 0 Å². The molecule has 1 aliphatic rings. The van der Waals surface area contributed by atoms with Gasteiger partial charge in [-0.2, -0.15) is 0 Å². The van der Waals surface area contributed by atoms with Gasteiger partial charge in [-0.1, -0.05) is 35.9 Å². The maximum Gasteiger partial charge on any atom is 0.320 e. The number of piperidine rings is 1. The molecule has 128 valence electrons. The van der Waals surface area contributed by atoms with Crippen molar-refractivity contribution in [1.82, 2.24) is 15.1 Å². The van der Waals surface area contributed by atoms with Crippen LogP contribution < -0.4 is 5.32 Å². The van der Waals surface area contributed by atoms with Crippen molar-refractivity contribution in [2.45, 2.75) is 25.8 Å². The van der Waals surface area contributed by atoms with Crippen LogP contribution in [0.4, 0.5) is 5.82 Å². The van der Waals surface area contributed by atoms with Crippen LogP contribution in [0.5, 0.6) is 0 Å². The number of carbonyl (C=O) groups excluding carboxylic acids is 1. The number of carbonyl (C=O) groups is 1. The zero-order valence-corrected chi connectivity index (χ0v) is 14.4. The summed E-state index contributed by atoms with van der Waals surface area (Å²) in [7, 11) is 0. The van der Waals surface area contributed by atoms with Gasteiger partial charge in [-0.05, 0) is 26.3 Å². The molecule has 0 spiro atoms. The van der Waals surface area contributed by atoms with E-state index in [9.17, 15) is 4.79 Å². The minimum atomic E-state index is -0.171. The van der Waals surface area contributed by atoms with E-state index in [0.717, 1.165) is 42.5 Å². The quantitative estimate of drug-likeness (QED) is 0.838. The standard InChI is InChI=1S/C17H21ClN4O2/c1-2-24-15(23)11-22-9-5-6-12(10-22)19-17-14-8-4-3-7-13(14)16(18)20-21-17/h3-4,7-8,12H,2,5-6,9-11H2,1H3,(H,19,21)/t12-/m1/s1. The smallest absolute Gasteiger partial charge is 0.320 e. The van der Waals surface area contributed by atoms with Crippen molar-refractivity contribution in [3.63, 3.8) is 0 Å². The molecular weight excluding hydrogens is 328 g/mol. The summed E-state index contributed by atoms with van der Waals surface area (Å²) in [6, 6.07) is 8.02. The van der Waals surface area contributed by atoms with Crippen LogP contribution in [-0.2, 0) is 9.53 Å². The number of anilines is 1. The normalized spacial score (nSPS) is 18.5. The highest BCUT2D eigenvalue weighted by Crippen LogP contribution is 2.27. The molecule has 1 atom stereocenters. The molecular formula is C17H21ClN4O2. The molecule has 1 fully saturated rings. The molecule has 6 nitrogen and oxygen atoms in total. The Morgan fingerprint density at radius 2 is 2.17 bits per heavy atom. The molecule has 0 bridgehead atoms. The molecule has 2 aromatic rings. The third-order valence-electron chi connectivity index (χ3n) is 4.15. The van der Waals surface area contributed by atoms with Gasteiger partial charge in [-0.25, -0.2) is 0 Å². The van der Waals surface area contributed by atoms with Crippen molar-refractivity contribution in [2.24, 2.45) is 0 Å². The molecule has 1 saturated heterocycles. The minimum absolute atomic E-state index is 0.171. The van der Waals surface area contributed by atoms with E-state index in [4.69, 9.17) is 16.3 Å². The fourth-order valence-electron chi connectivity index (χ4n) is 3.08. The van der Waals surface area contributed by atoms with Crippen molar-refractivity contribution >= 4 is 34.2 Å². The van der Waals surface area contributed by atoms with Crippen molar-refractivity contribution in [1.29, 1.82) is 0 Å². The van der Waals surface area contributed by atoms with Gasteiger partial charge in [0.05, 0.1) is 13.2 Å². The zero-order valence-electron chi connectivity index (χ0n) is 13.7. The number of likely N-dealkylation sites (tertiary alicyclic amines) is 1. The summed E-state index contributed by atoms with van der Waals surface area (Å²) in [6.07, 6.45) is 2.05. The van der Waals surface area contributed by atoms with Crippen molar-refractivity contribution in [3.05, 3.63) is 29.4 Å². The Morgan fingerprint density at radius 1 is 1.38 bits per heavy atom. The Kier molecular flexibility index (Phi) is 5.48. The third-order valence-corrected chi connectivity index (χ3v) is 4.43. The van der Waals surface area contributed by atoms with E-state index in [-0.39, 0.29) is 12.0 Å². The number of benzene rings is 1. The molecule has 0 amide bonds. The second-order valence-electron chi connectivity index (χ2n) is 5.91. The maximum atomic E-state index is 11.7. The van der Waals surface area contributed by atoms with Crippen molar-refractivity contribution in [2.75, 3.05) is 31.6 Å². The molecule has 1 N–H and O–H groups in total. The van der Waals surface area contributed by atoms with Gasteiger partial charge in [0.2, 0.25) is 0 Å². The fourth-order valence-corrected chi connectivity index (χ4v) is 3.28. The fraction of sp³-hybridized carbons (Fsp3) is 0.471. The summed E-state index contributed by atoms with van der Waals surface area (Å²) in [6.45, 7) is 4.25. The molecule has 0 aliphatic carbocycles. The first-order chi connectivity index (χ1) is 11.7. The lowest BCUT2D eigenvalue weighted by Crippen LogP contribution is -2.44. The van der Waals surface area contributed by atoms with Crippen LogP contribution in [-0.4, -0.2) is 53.3 Å². The van der Waals surface area contributed by atoms with Crippen LogP contribution in [0, 0.1) is 0 Å². The summed E-state index contributed by atoms with van der Waals surface area (Å²) < 4.78 is 5.03. The van der Waals surface area contributed by atoms with E-state index in [1.807, 2.05) is 31.2 Å². The Hall–Kier alpha value is -1.92. The van der Waals surface area contributed by atoms with E-state index < -0.39 is 0 Å². The maximum absolute atomic E-state index is 11.7. The number of nitrogens with zero attached hydrogens (tertiary/aromatic N) is 3. The lowest BCUT2D eigenvalue weighted by Gasteiger charge is -2.32. The number of ether oxygens (including phenoxy) is 1. The number of hydrogen-bond acceptors (Lipinski definition) is 6. The van der Waals surface area contributed by atoms with Gasteiger partial charge >= 0.3 is 5.97 Å². The molecule has 0 unspecified atom stereocenters. The van der Waals surface area contributed by atoms with Crippen molar-refractivity contribution < 1.29 is 9.53 Å². The number of esters is 1. The first-order valence-electron chi connectivity index (χ1n) is 8.22. The summed E-state index contributed by atoms with van der Waals surface area (Å²) in [5.41, 5.74) is 0. The molecule has 1 aromatic carbocycles. The molecule has 1 aliphatic heterocycles. The first-order valence-corrected chi connectivity index (χ1v) is 8.60. The number of rotatable bonds is 5. The number of aromatic nitrogens is 2. The van der Waals surface area contributed by atoms with Crippen LogP contribution >= 0.6 is 11.6 Å². The topological polar surface area (TPSA) is 67.3 Å². The monoisotopic (exact) mass is 348 g/mol. The Morgan fingerprint density at radius 3 is 2.96 bits per heavy atom. The Bertz CT molecular complexity index is 725. The molecule has 2 heterocycles. The van der Waals surface area contributed by atoms with E-state index in [2.05, 4.69) is 20.4 Å². The Balaban J connectivity index is 1.70. The predicted octanol–water partition coefficient (Wildman–Crippen LogP) is 2.72. The average Bonchev–Trinajstić information content (AvgIpc) is 2.58. The molecule has 0 saturated carbocycles. The summed E-state index contributed by atoms with van der Waals surface area (Å²) in [5, 5.41) is 14.0.